The summed E-state index contributed by atoms with van der Waals surface area (Å²) < 4.78 is 41.9. The van der Waals surface area contributed by atoms with E-state index >= 15 is 0 Å². The topological polar surface area (TPSA) is 114 Å². The highest BCUT2D eigenvalue weighted by Crippen LogP contribution is 2.25. The zero-order valence-corrected chi connectivity index (χ0v) is 17.1. The summed E-state index contributed by atoms with van der Waals surface area (Å²) in [7, 11) is 2.97. The Morgan fingerprint density at radius 3 is 2.33 bits per heavy atom. The summed E-state index contributed by atoms with van der Waals surface area (Å²) in [6.07, 6.45) is -5.88. The fourth-order valence-electron chi connectivity index (χ4n) is 2.25. The van der Waals surface area contributed by atoms with Crippen molar-refractivity contribution in [3.63, 3.8) is 0 Å². The third-order valence-corrected chi connectivity index (χ3v) is 3.76. The van der Waals surface area contributed by atoms with Crippen molar-refractivity contribution in [2.24, 2.45) is 0 Å². The molecule has 0 fully saturated rings. The van der Waals surface area contributed by atoms with E-state index in [9.17, 15) is 18.3 Å². The minimum Gasteiger partial charge on any atom is -0.480 e. The summed E-state index contributed by atoms with van der Waals surface area (Å²) in [6, 6.07) is 7.45. The van der Waals surface area contributed by atoms with Gasteiger partial charge in [-0.3, -0.25) is 0 Å². The zero-order chi connectivity index (χ0) is 22.9. The highest BCUT2D eigenvalue weighted by molar-refractivity contribution is 6.30. The molecule has 0 aliphatic rings. The van der Waals surface area contributed by atoms with E-state index in [1.165, 1.54) is 14.2 Å². The number of aliphatic hydroxyl groups is 1. The number of rotatable bonds is 7. The molecule has 0 spiro atoms. The minimum atomic E-state index is -5.08. The summed E-state index contributed by atoms with van der Waals surface area (Å²) in [6.45, 7) is 2.91. The van der Waals surface area contributed by atoms with Crippen LogP contribution >= 0.6 is 11.6 Å². The largest absolute Gasteiger partial charge is 0.490 e. The smallest absolute Gasteiger partial charge is 0.480 e. The van der Waals surface area contributed by atoms with Crippen LogP contribution in [0.4, 0.5) is 13.2 Å². The molecule has 0 amide bonds. The third-order valence-electron chi connectivity index (χ3n) is 3.54. The number of methoxy groups -OCH3 is 2. The second-order valence-corrected chi connectivity index (χ2v) is 6.37. The van der Waals surface area contributed by atoms with Crippen LogP contribution in [0.15, 0.2) is 24.3 Å². The molecule has 1 aromatic heterocycles. The zero-order valence-electron chi connectivity index (χ0n) is 16.3. The number of ether oxygens (including phenoxy) is 2. The van der Waals surface area contributed by atoms with E-state index in [0.29, 0.717) is 29.6 Å². The summed E-state index contributed by atoms with van der Waals surface area (Å²) >= 11 is 6.04. The summed E-state index contributed by atoms with van der Waals surface area (Å²) in [5.74, 6) is -2.16. The molecule has 0 aliphatic carbocycles. The number of aliphatic carboxylic acids is 1. The van der Waals surface area contributed by atoms with Crippen LogP contribution in [0, 0.1) is 6.92 Å². The first kappa shape index (κ1) is 25.4. The highest BCUT2D eigenvalue weighted by atomic mass is 35.5. The lowest BCUT2D eigenvalue weighted by atomic mass is 10.1. The molecule has 30 heavy (non-hydrogen) atoms. The maximum absolute atomic E-state index is 10.6. The number of benzene rings is 1. The van der Waals surface area contributed by atoms with Crippen LogP contribution in [0.5, 0.6) is 11.8 Å². The van der Waals surface area contributed by atoms with Gasteiger partial charge in [-0.2, -0.15) is 13.2 Å². The predicted molar refractivity (Wildman–Crippen MR) is 102 cm³/mol. The van der Waals surface area contributed by atoms with Gasteiger partial charge in [-0.25, -0.2) is 4.79 Å². The van der Waals surface area contributed by atoms with Crippen molar-refractivity contribution in [3.05, 3.63) is 46.0 Å². The van der Waals surface area contributed by atoms with Gasteiger partial charge in [0.05, 0.1) is 25.9 Å². The quantitative estimate of drug-likeness (QED) is 0.589. The van der Waals surface area contributed by atoms with Crippen molar-refractivity contribution in [1.82, 2.24) is 15.5 Å². The van der Waals surface area contributed by atoms with E-state index < -0.39 is 18.2 Å². The van der Waals surface area contributed by atoms with Gasteiger partial charge in [0.2, 0.25) is 11.8 Å². The molecule has 12 heteroatoms. The number of aromatic nitrogens is 2. The van der Waals surface area contributed by atoms with Crippen molar-refractivity contribution in [1.29, 1.82) is 0 Å². The first-order chi connectivity index (χ1) is 14.0. The van der Waals surface area contributed by atoms with Gasteiger partial charge in [-0.1, -0.05) is 17.7 Å². The molecule has 8 nitrogen and oxygen atoms in total. The minimum absolute atomic E-state index is 0.277. The molecule has 0 bridgehead atoms. The van der Waals surface area contributed by atoms with Crippen LogP contribution < -0.4 is 14.8 Å². The highest BCUT2D eigenvalue weighted by Gasteiger charge is 2.38. The number of carboxylic acids is 1. The van der Waals surface area contributed by atoms with Crippen LogP contribution in [0.1, 0.15) is 22.8 Å². The second-order valence-electron chi connectivity index (χ2n) is 5.94. The fraction of sp³-hybridized carbons (Fsp3) is 0.389. The van der Waals surface area contributed by atoms with Crippen LogP contribution in [0.3, 0.4) is 0 Å². The SMILES string of the molecule is COc1cc(C(O)CNCc2cc(C)cc(Cl)c2)c(OC)nn1.O=C(O)C(F)(F)F. The first-order valence-corrected chi connectivity index (χ1v) is 8.76. The molecule has 166 valence electrons. The number of carbonyl (C=O) groups is 1. The Labute approximate surface area is 175 Å². The number of halogens is 4. The number of carboxylic acid groups (broad SMARTS) is 1. The Hall–Kier alpha value is -2.63. The molecule has 0 saturated heterocycles. The van der Waals surface area contributed by atoms with Gasteiger partial charge in [0.25, 0.3) is 0 Å². The molecule has 0 radical (unpaired) electrons. The van der Waals surface area contributed by atoms with E-state index in [2.05, 4.69) is 15.5 Å². The molecule has 0 saturated carbocycles. The summed E-state index contributed by atoms with van der Waals surface area (Å²) in [5, 5.41) is 29.1. The number of alkyl halides is 3. The van der Waals surface area contributed by atoms with Gasteiger partial charge < -0.3 is 25.0 Å². The number of aliphatic hydroxyl groups excluding tert-OH is 1. The predicted octanol–water partition coefficient (Wildman–Crippen LogP) is 2.91. The van der Waals surface area contributed by atoms with Crippen molar-refractivity contribution >= 4 is 17.6 Å². The molecule has 1 heterocycles. The first-order valence-electron chi connectivity index (χ1n) is 8.38. The van der Waals surface area contributed by atoms with Crippen LogP contribution in [0.25, 0.3) is 0 Å². The average molecular weight is 452 g/mol. The molecule has 0 aliphatic heterocycles. The molecule has 1 aromatic carbocycles. The van der Waals surface area contributed by atoms with Crippen LogP contribution in [-0.2, 0) is 11.3 Å². The molecule has 3 N–H and O–H groups in total. The van der Waals surface area contributed by atoms with Crippen molar-refractivity contribution < 1.29 is 37.7 Å². The number of nitrogens with zero attached hydrogens (tertiary/aromatic N) is 2. The van der Waals surface area contributed by atoms with Gasteiger partial charge >= 0.3 is 12.1 Å². The average Bonchev–Trinajstić information content (AvgIpc) is 2.66. The Kier molecular flexibility index (Phi) is 9.76. The third kappa shape index (κ3) is 8.39. The summed E-state index contributed by atoms with van der Waals surface area (Å²) in [5.41, 5.74) is 2.67. The Bertz CT molecular complexity index is 832. The maximum Gasteiger partial charge on any atom is 0.490 e. The number of hydrogen-bond acceptors (Lipinski definition) is 7. The van der Waals surface area contributed by atoms with E-state index in [0.717, 1.165) is 11.1 Å². The molecular formula is C18H21ClF3N3O5. The molecule has 2 rings (SSSR count). The standard InChI is InChI=1S/C16H20ClN3O3.C2HF3O2/c1-10-4-11(6-12(17)5-10)8-18-9-14(21)13-7-15(22-2)19-20-16(13)23-3;3-2(4,5)1(6)7/h4-7,14,18,21H,8-9H2,1-3H3;(H,6,7). The second kappa shape index (κ2) is 11.5. The van der Waals surface area contributed by atoms with Gasteiger partial charge in [0.1, 0.15) is 0 Å². The van der Waals surface area contributed by atoms with Crippen molar-refractivity contribution in [2.45, 2.75) is 25.7 Å². The molecular weight excluding hydrogens is 431 g/mol. The van der Waals surface area contributed by atoms with E-state index in [1.807, 2.05) is 25.1 Å². The molecule has 2 aromatic rings. The molecule has 1 atom stereocenters. The molecule has 1 unspecified atom stereocenters. The van der Waals surface area contributed by atoms with Crippen LogP contribution in [0.2, 0.25) is 5.02 Å². The Morgan fingerprint density at radius 2 is 1.83 bits per heavy atom. The Morgan fingerprint density at radius 1 is 1.20 bits per heavy atom. The van der Waals surface area contributed by atoms with E-state index in [4.69, 9.17) is 31.0 Å². The van der Waals surface area contributed by atoms with Gasteiger partial charge in [0.15, 0.2) is 0 Å². The lowest BCUT2D eigenvalue weighted by Gasteiger charge is -2.15. The lowest BCUT2D eigenvalue weighted by Crippen LogP contribution is -2.22. The van der Waals surface area contributed by atoms with Crippen molar-refractivity contribution in [3.8, 4) is 11.8 Å². The normalized spacial score (nSPS) is 11.9. The van der Waals surface area contributed by atoms with E-state index in [-0.39, 0.29) is 5.88 Å². The monoisotopic (exact) mass is 451 g/mol. The van der Waals surface area contributed by atoms with E-state index in [1.54, 1.807) is 6.07 Å². The number of nitrogens with one attached hydrogen (secondary N) is 1. The maximum atomic E-state index is 10.6. The Balaban J connectivity index is 0.000000553. The van der Waals surface area contributed by atoms with Crippen molar-refractivity contribution in [2.75, 3.05) is 20.8 Å². The van der Waals surface area contributed by atoms with Gasteiger partial charge in [0, 0.05) is 24.2 Å². The van der Waals surface area contributed by atoms with Gasteiger partial charge in [-0.05, 0) is 30.2 Å². The summed E-state index contributed by atoms with van der Waals surface area (Å²) in [4.78, 5) is 8.90. The fourth-order valence-corrected chi connectivity index (χ4v) is 2.56. The number of aryl methyl sites for hydroxylation is 1. The lowest BCUT2D eigenvalue weighted by molar-refractivity contribution is -0.192. The van der Waals surface area contributed by atoms with Gasteiger partial charge in [-0.15, -0.1) is 10.2 Å². The number of hydrogen-bond donors (Lipinski definition) is 3. The van der Waals surface area contributed by atoms with Crippen LogP contribution in [-0.4, -0.2) is 53.3 Å².